The van der Waals surface area contributed by atoms with Crippen molar-refractivity contribution in [1.82, 2.24) is 0 Å². The fourth-order valence-electron chi connectivity index (χ4n) is 0.533. The third-order valence-electron chi connectivity index (χ3n) is 1.01. The molecular weight excluding hydrogens is 172 g/mol. The number of rotatable bonds is 0. The molecule has 0 spiro atoms. The number of aliphatic hydroxyl groups is 1. The Bertz CT molecular complexity index is 180. The van der Waals surface area contributed by atoms with Gasteiger partial charge in [0.2, 0.25) is 0 Å². The van der Waals surface area contributed by atoms with E-state index in [0.717, 1.165) is 5.02 Å². The SMILES string of the molecule is CC(C)O.Cc1ccc(Cl)cc1. The molecule has 0 aliphatic rings. The normalized spacial score (nSPS) is 9.17. The van der Waals surface area contributed by atoms with Crippen molar-refractivity contribution < 1.29 is 5.11 Å². The summed E-state index contributed by atoms with van der Waals surface area (Å²) < 4.78 is 0. The number of benzene rings is 1. The van der Waals surface area contributed by atoms with Crippen LogP contribution in [-0.2, 0) is 0 Å². The summed E-state index contributed by atoms with van der Waals surface area (Å²) in [5, 5.41) is 8.86. The molecule has 1 aromatic rings. The van der Waals surface area contributed by atoms with Gasteiger partial charge in [0.1, 0.15) is 0 Å². The van der Waals surface area contributed by atoms with Crippen molar-refractivity contribution in [2.75, 3.05) is 0 Å². The number of halogens is 1. The van der Waals surface area contributed by atoms with E-state index in [4.69, 9.17) is 16.7 Å². The summed E-state index contributed by atoms with van der Waals surface area (Å²) in [4.78, 5) is 0. The van der Waals surface area contributed by atoms with Crippen LogP contribution < -0.4 is 0 Å². The first-order chi connectivity index (χ1) is 5.52. The van der Waals surface area contributed by atoms with E-state index in [1.54, 1.807) is 13.8 Å². The summed E-state index contributed by atoms with van der Waals surface area (Å²) in [6, 6.07) is 7.75. The average Bonchev–Trinajstić information content (AvgIpc) is 1.94. The van der Waals surface area contributed by atoms with E-state index in [2.05, 4.69) is 0 Å². The molecular formula is C10H15ClO. The summed E-state index contributed by atoms with van der Waals surface area (Å²) in [6.07, 6.45) is -0.167. The van der Waals surface area contributed by atoms with Crippen LogP contribution in [0.15, 0.2) is 24.3 Å². The second-order valence-corrected chi connectivity index (χ2v) is 3.33. The third-order valence-corrected chi connectivity index (χ3v) is 1.26. The van der Waals surface area contributed by atoms with Crippen molar-refractivity contribution in [3.8, 4) is 0 Å². The van der Waals surface area contributed by atoms with Crippen LogP contribution in [0.25, 0.3) is 0 Å². The van der Waals surface area contributed by atoms with Gasteiger partial charge in [-0.2, -0.15) is 0 Å². The van der Waals surface area contributed by atoms with E-state index in [1.807, 2.05) is 31.2 Å². The fraction of sp³-hybridized carbons (Fsp3) is 0.400. The molecule has 0 unspecified atom stereocenters. The quantitative estimate of drug-likeness (QED) is 0.661. The zero-order chi connectivity index (χ0) is 9.56. The van der Waals surface area contributed by atoms with Gasteiger partial charge in [-0.05, 0) is 32.9 Å². The molecule has 0 amide bonds. The van der Waals surface area contributed by atoms with E-state index in [-0.39, 0.29) is 6.10 Å². The Kier molecular flexibility index (Phi) is 5.77. The minimum Gasteiger partial charge on any atom is -0.394 e. The first-order valence-corrected chi connectivity index (χ1v) is 4.30. The highest BCUT2D eigenvalue weighted by molar-refractivity contribution is 6.30. The lowest BCUT2D eigenvalue weighted by Crippen LogP contribution is -1.85. The van der Waals surface area contributed by atoms with Gasteiger partial charge in [0.05, 0.1) is 0 Å². The molecule has 0 saturated carbocycles. The molecule has 0 atom stereocenters. The van der Waals surface area contributed by atoms with Crippen molar-refractivity contribution >= 4 is 11.6 Å². The number of aryl methyl sites for hydroxylation is 1. The monoisotopic (exact) mass is 186 g/mol. The van der Waals surface area contributed by atoms with Crippen LogP contribution in [0.5, 0.6) is 0 Å². The zero-order valence-corrected chi connectivity index (χ0v) is 8.47. The lowest BCUT2D eigenvalue weighted by Gasteiger charge is -1.88. The highest BCUT2D eigenvalue weighted by Gasteiger charge is 1.81. The van der Waals surface area contributed by atoms with E-state index < -0.39 is 0 Å². The Morgan fingerprint density at radius 3 is 1.75 bits per heavy atom. The smallest absolute Gasteiger partial charge is 0.0483 e. The molecule has 1 nitrogen and oxygen atoms in total. The van der Waals surface area contributed by atoms with E-state index in [0.29, 0.717) is 0 Å². The summed E-state index contributed by atoms with van der Waals surface area (Å²) in [5.74, 6) is 0. The highest BCUT2D eigenvalue weighted by atomic mass is 35.5. The molecule has 0 aliphatic carbocycles. The number of hydrogen-bond acceptors (Lipinski definition) is 1. The van der Waals surface area contributed by atoms with Crippen molar-refractivity contribution in [1.29, 1.82) is 0 Å². The molecule has 0 heterocycles. The Morgan fingerprint density at radius 1 is 1.17 bits per heavy atom. The predicted octanol–water partition coefficient (Wildman–Crippen LogP) is 3.04. The van der Waals surface area contributed by atoms with Crippen LogP contribution in [0.3, 0.4) is 0 Å². The zero-order valence-electron chi connectivity index (χ0n) is 7.71. The van der Waals surface area contributed by atoms with Gasteiger partial charge < -0.3 is 5.11 Å². The van der Waals surface area contributed by atoms with Gasteiger partial charge >= 0.3 is 0 Å². The second kappa shape index (κ2) is 6.04. The number of aliphatic hydroxyl groups excluding tert-OH is 1. The van der Waals surface area contributed by atoms with Gasteiger partial charge in [0, 0.05) is 11.1 Å². The molecule has 12 heavy (non-hydrogen) atoms. The Balaban J connectivity index is 0.000000261. The molecule has 68 valence electrons. The van der Waals surface area contributed by atoms with E-state index in [9.17, 15) is 0 Å². The maximum Gasteiger partial charge on any atom is 0.0483 e. The fourth-order valence-corrected chi connectivity index (χ4v) is 0.659. The van der Waals surface area contributed by atoms with Crippen LogP contribution in [0.2, 0.25) is 5.02 Å². The van der Waals surface area contributed by atoms with Gasteiger partial charge in [0.25, 0.3) is 0 Å². The Labute approximate surface area is 79.0 Å². The summed E-state index contributed by atoms with van der Waals surface area (Å²) in [5.41, 5.74) is 1.24. The Morgan fingerprint density at radius 2 is 1.50 bits per heavy atom. The maximum atomic E-state index is 8.06. The molecule has 1 aromatic carbocycles. The van der Waals surface area contributed by atoms with Crippen molar-refractivity contribution in [2.45, 2.75) is 26.9 Å². The van der Waals surface area contributed by atoms with Crippen LogP contribution in [-0.4, -0.2) is 11.2 Å². The van der Waals surface area contributed by atoms with Crippen LogP contribution in [0.1, 0.15) is 19.4 Å². The van der Waals surface area contributed by atoms with Gasteiger partial charge in [0.15, 0.2) is 0 Å². The average molecular weight is 187 g/mol. The van der Waals surface area contributed by atoms with Crippen LogP contribution in [0.4, 0.5) is 0 Å². The molecule has 0 fully saturated rings. The first-order valence-electron chi connectivity index (χ1n) is 3.92. The minimum absolute atomic E-state index is 0.167. The molecule has 1 rings (SSSR count). The summed E-state index contributed by atoms with van der Waals surface area (Å²) in [7, 11) is 0. The van der Waals surface area contributed by atoms with Crippen LogP contribution >= 0.6 is 11.6 Å². The third kappa shape index (κ3) is 7.58. The topological polar surface area (TPSA) is 20.2 Å². The molecule has 0 radical (unpaired) electrons. The van der Waals surface area contributed by atoms with Crippen LogP contribution in [0, 0.1) is 6.92 Å². The molecule has 1 N–H and O–H groups in total. The lowest BCUT2D eigenvalue weighted by molar-refractivity contribution is 0.216. The first kappa shape index (κ1) is 11.5. The minimum atomic E-state index is -0.167. The van der Waals surface area contributed by atoms with Crippen molar-refractivity contribution in [3.63, 3.8) is 0 Å². The molecule has 2 heteroatoms. The highest BCUT2D eigenvalue weighted by Crippen LogP contribution is 2.07. The van der Waals surface area contributed by atoms with Gasteiger partial charge in [-0.25, -0.2) is 0 Å². The van der Waals surface area contributed by atoms with Gasteiger partial charge in [-0.3, -0.25) is 0 Å². The Hall–Kier alpha value is -0.530. The lowest BCUT2D eigenvalue weighted by atomic mass is 10.2. The van der Waals surface area contributed by atoms with Gasteiger partial charge in [-0.15, -0.1) is 0 Å². The van der Waals surface area contributed by atoms with E-state index in [1.165, 1.54) is 5.56 Å². The molecule has 0 aromatic heterocycles. The van der Waals surface area contributed by atoms with Crippen molar-refractivity contribution in [2.24, 2.45) is 0 Å². The summed E-state index contributed by atoms with van der Waals surface area (Å²) in [6.45, 7) is 5.48. The van der Waals surface area contributed by atoms with E-state index >= 15 is 0 Å². The molecule has 0 saturated heterocycles. The second-order valence-electron chi connectivity index (χ2n) is 2.89. The number of hydrogen-bond donors (Lipinski definition) is 1. The largest absolute Gasteiger partial charge is 0.394 e. The maximum absolute atomic E-state index is 8.06. The predicted molar refractivity (Wildman–Crippen MR) is 53.5 cm³/mol. The van der Waals surface area contributed by atoms with Gasteiger partial charge in [-0.1, -0.05) is 29.3 Å². The summed E-state index contributed by atoms with van der Waals surface area (Å²) >= 11 is 5.61. The van der Waals surface area contributed by atoms with Crippen molar-refractivity contribution in [3.05, 3.63) is 34.9 Å². The molecule has 0 aliphatic heterocycles. The molecule has 0 bridgehead atoms. The standard InChI is InChI=1S/C7H7Cl.C3H8O/c1-6-2-4-7(8)5-3-6;1-3(2)4/h2-5H,1H3;3-4H,1-2H3.